The molecule has 2 rings (SSSR count). The van der Waals surface area contributed by atoms with E-state index in [9.17, 15) is 0 Å². The van der Waals surface area contributed by atoms with Gasteiger partial charge in [-0.25, -0.2) is 9.50 Å². The largest absolute Gasteiger partial charge is 0.234 e. The van der Waals surface area contributed by atoms with Crippen LogP contribution in [-0.2, 0) is 0 Å². The van der Waals surface area contributed by atoms with Crippen molar-refractivity contribution in [2.24, 2.45) is 0 Å². The maximum Gasteiger partial charge on any atom is 0.168 e. The Morgan fingerprint density at radius 3 is 2.56 bits per heavy atom. The molecule has 88 valence electrons. The summed E-state index contributed by atoms with van der Waals surface area (Å²) in [4.78, 5) is 4.28. The van der Waals surface area contributed by atoms with Crippen LogP contribution in [0.15, 0.2) is 16.7 Å². The van der Waals surface area contributed by atoms with Gasteiger partial charge in [-0.2, -0.15) is 5.10 Å². The maximum atomic E-state index is 5.87. The van der Waals surface area contributed by atoms with Crippen molar-refractivity contribution < 1.29 is 0 Å². The highest BCUT2D eigenvalue weighted by Gasteiger charge is 2.11. The van der Waals surface area contributed by atoms with Gasteiger partial charge >= 0.3 is 0 Å². The second-order valence-electron chi connectivity index (χ2n) is 3.39. The van der Waals surface area contributed by atoms with Crippen molar-refractivity contribution in [3.63, 3.8) is 0 Å². The summed E-state index contributed by atoms with van der Waals surface area (Å²) in [5.74, 6) is 0.378. The first kappa shape index (κ1) is 13.5. The van der Waals surface area contributed by atoms with Gasteiger partial charge in [0.1, 0.15) is 0 Å². The molecule has 0 bridgehead atoms. The van der Waals surface area contributed by atoms with E-state index in [0.717, 1.165) is 15.8 Å². The zero-order valence-electron chi connectivity index (χ0n) is 9.83. The van der Waals surface area contributed by atoms with Crippen LogP contribution >= 0.6 is 27.5 Å². The third-order valence-electron chi connectivity index (χ3n) is 2.01. The summed E-state index contributed by atoms with van der Waals surface area (Å²) in [5, 5.41) is 4.67. The molecule has 0 aliphatic carbocycles. The molecule has 0 aliphatic heterocycles. The number of rotatable bonds is 1. The van der Waals surface area contributed by atoms with Crippen LogP contribution in [0.4, 0.5) is 0 Å². The fourth-order valence-corrected chi connectivity index (χ4v) is 2.12. The third kappa shape index (κ3) is 2.55. The number of nitrogens with zero attached hydrogens (tertiary/aromatic N) is 3. The number of aromatic nitrogens is 3. The summed E-state index contributed by atoms with van der Waals surface area (Å²) in [6.45, 7) is 8.19. The van der Waals surface area contributed by atoms with Crippen molar-refractivity contribution in [1.29, 1.82) is 0 Å². The minimum atomic E-state index is 0.378. The Labute approximate surface area is 109 Å². The Hall–Kier alpha value is -0.610. The minimum Gasteiger partial charge on any atom is -0.234 e. The SMILES string of the molecule is CC.CC(C)c1cnc2c(Br)cc(Cl)nn12. The number of hydrogen-bond acceptors (Lipinski definition) is 2. The topological polar surface area (TPSA) is 30.2 Å². The van der Waals surface area contributed by atoms with Crippen molar-refractivity contribution in [3.05, 3.63) is 27.6 Å². The van der Waals surface area contributed by atoms with E-state index < -0.39 is 0 Å². The van der Waals surface area contributed by atoms with Crippen molar-refractivity contribution in [1.82, 2.24) is 14.6 Å². The lowest BCUT2D eigenvalue weighted by atomic mass is 10.2. The monoisotopic (exact) mass is 303 g/mol. The van der Waals surface area contributed by atoms with E-state index in [1.54, 1.807) is 10.6 Å². The van der Waals surface area contributed by atoms with Crippen molar-refractivity contribution in [3.8, 4) is 0 Å². The molecule has 0 atom stereocenters. The second-order valence-corrected chi connectivity index (χ2v) is 4.63. The van der Waals surface area contributed by atoms with E-state index in [1.807, 2.05) is 20.0 Å². The summed E-state index contributed by atoms with van der Waals surface area (Å²) < 4.78 is 2.64. The molecule has 0 spiro atoms. The number of fused-ring (bicyclic) bond motifs is 1. The number of halogens is 2. The van der Waals surface area contributed by atoms with Crippen LogP contribution < -0.4 is 0 Å². The zero-order chi connectivity index (χ0) is 12.3. The Balaban J connectivity index is 0.000000606. The fourth-order valence-electron chi connectivity index (χ4n) is 1.31. The predicted octanol–water partition coefficient (Wildman–Crippen LogP) is 4.29. The Morgan fingerprint density at radius 2 is 2.00 bits per heavy atom. The maximum absolute atomic E-state index is 5.87. The van der Waals surface area contributed by atoms with Crippen LogP contribution in [0.3, 0.4) is 0 Å². The van der Waals surface area contributed by atoms with Crippen molar-refractivity contribution in [2.75, 3.05) is 0 Å². The predicted molar refractivity (Wildman–Crippen MR) is 71.1 cm³/mol. The van der Waals surface area contributed by atoms with Crippen LogP contribution in [0.2, 0.25) is 5.15 Å². The average molecular weight is 305 g/mol. The van der Waals surface area contributed by atoms with Gasteiger partial charge in [0.25, 0.3) is 0 Å². The van der Waals surface area contributed by atoms with Crippen LogP contribution in [0, 0.1) is 0 Å². The summed E-state index contributed by atoms with van der Waals surface area (Å²) in [6.07, 6.45) is 1.83. The van der Waals surface area contributed by atoms with E-state index in [4.69, 9.17) is 11.6 Å². The summed E-state index contributed by atoms with van der Waals surface area (Å²) in [5.41, 5.74) is 1.86. The minimum absolute atomic E-state index is 0.378. The molecule has 0 unspecified atom stereocenters. The Kier molecular flexibility index (Phi) is 4.74. The fraction of sp³-hybridized carbons (Fsp3) is 0.455. The molecule has 5 heteroatoms. The van der Waals surface area contributed by atoms with Gasteiger partial charge in [0.2, 0.25) is 0 Å². The molecule has 2 aromatic heterocycles. The molecule has 16 heavy (non-hydrogen) atoms. The molecule has 2 heterocycles. The molecule has 0 saturated carbocycles. The smallest absolute Gasteiger partial charge is 0.168 e. The third-order valence-corrected chi connectivity index (χ3v) is 2.78. The van der Waals surface area contributed by atoms with Gasteiger partial charge in [-0.1, -0.05) is 39.3 Å². The molecule has 0 aromatic carbocycles. The van der Waals surface area contributed by atoms with Crippen LogP contribution in [0.25, 0.3) is 5.65 Å². The van der Waals surface area contributed by atoms with Gasteiger partial charge in [0, 0.05) is 0 Å². The lowest BCUT2D eigenvalue weighted by Crippen LogP contribution is -1.99. The summed E-state index contributed by atoms with van der Waals surface area (Å²) in [6, 6.07) is 1.74. The standard InChI is InChI=1S/C9H9BrClN3.C2H6/c1-5(2)7-4-12-9-6(10)3-8(11)13-14(7)9;1-2/h3-5H,1-2H3;1-2H3. The van der Waals surface area contributed by atoms with E-state index in [2.05, 4.69) is 39.9 Å². The summed E-state index contributed by atoms with van der Waals surface area (Å²) in [7, 11) is 0. The first-order valence-corrected chi connectivity index (χ1v) is 6.46. The molecule has 0 N–H and O–H groups in total. The zero-order valence-corrected chi connectivity index (χ0v) is 12.2. The highest BCUT2D eigenvalue weighted by molar-refractivity contribution is 9.10. The molecule has 3 nitrogen and oxygen atoms in total. The van der Waals surface area contributed by atoms with Crippen LogP contribution in [0.5, 0.6) is 0 Å². The van der Waals surface area contributed by atoms with Crippen LogP contribution in [0.1, 0.15) is 39.3 Å². The Morgan fingerprint density at radius 1 is 1.38 bits per heavy atom. The van der Waals surface area contributed by atoms with Gasteiger partial charge < -0.3 is 0 Å². The van der Waals surface area contributed by atoms with E-state index in [-0.39, 0.29) is 0 Å². The van der Waals surface area contributed by atoms with Crippen molar-refractivity contribution in [2.45, 2.75) is 33.6 Å². The van der Waals surface area contributed by atoms with Gasteiger partial charge in [0.15, 0.2) is 10.8 Å². The quantitative estimate of drug-likeness (QED) is 0.786. The first-order valence-electron chi connectivity index (χ1n) is 5.29. The second kappa shape index (κ2) is 5.64. The van der Waals surface area contributed by atoms with Crippen LogP contribution in [-0.4, -0.2) is 14.6 Å². The molecular weight excluding hydrogens is 289 g/mol. The highest BCUT2D eigenvalue weighted by Crippen LogP contribution is 2.23. The lowest BCUT2D eigenvalue weighted by molar-refractivity contribution is 0.758. The molecule has 2 aromatic rings. The number of imidazole rings is 1. The molecule has 0 amide bonds. The highest BCUT2D eigenvalue weighted by atomic mass is 79.9. The van der Waals surface area contributed by atoms with E-state index in [0.29, 0.717) is 11.1 Å². The van der Waals surface area contributed by atoms with E-state index >= 15 is 0 Å². The molecule has 0 fully saturated rings. The van der Waals surface area contributed by atoms with Gasteiger partial charge in [-0.05, 0) is 27.9 Å². The molecule has 0 radical (unpaired) electrons. The van der Waals surface area contributed by atoms with Crippen molar-refractivity contribution >= 4 is 33.2 Å². The number of hydrogen-bond donors (Lipinski definition) is 0. The average Bonchev–Trinajstić information content (AvgIpc) is 2.64. The Bertz CT molecular complexity index is 479. The normalized spacial score (nSPS) is 10.4. The molecular formula is C11H15BrClN3. The molecule has 0 saturated heterocycles. The summed E-state index contributed by atoms with van der Waals surface area (Å²) >= 11 is 9.27. The lowest BCUT2D eigenvalue weighted by Gasteiger charge is -2.04. The van der Waals surface area contributed by atoms with E-state index in [1.165, 1.54) is 0 Å². The molecule has 0 aliphatic rings. The van der Waals surface area contributed by atoms with Gasteiger partial charge in [-0.3, -0.25) is 0 Å². The van der Waals surface area contributed by atoms with Gasteiger partial charge in [0.05, 0.1) is 16.4 Å². The first-order chi connectivity index (χ1) is 7.59. The van der Waals surface area contributed by atoms with Gasteiger partial charge in [-0.15, -0.1) is 0 Å².